The van der Waals surface area contributed by atoms with E-state index in [1.54, 1.807) is 12.1 Å². The number of hydrogen-bond acceptors (Lipinski definition) is 5. The average Bonchev–Trinajstić information content (AvgIpc) is 2.78. The van der Waals surface area contributed by atoms with Gasteiger partial charge in [-0.05, 0) is 42.8 Å². The smallest absolute Gasteiger partial charge is 0.243 e. The van der Waals surface area contributed by atoms with Gasteiger partial charge in [0.25, 0.3) is 0 Å². The predicted octanol–water partition coefficient (Wildman–Crippen LogP) is 2.29. The van der Waals surface area contributed by atoms with Crippen LogP contribution in [0.3, 0.4) is 0 Å². The second-order valence-electron chi connectivity index (χ2n) is 7.59. The van der Waals surface area contributed by atoms with E-state index in [0.717, 1.165) is 18.7 Å². The number of carbonyl (C=O) groups excluding carboxylic acids is 1. The minimum atomic E-state index is -3.54. The van der Waals surface area contributed by atoms with Crippen LogP contribution >= 0.6 is 11.6 Å². The Bertz CT molecular complexity index is 946. The number of rotatable bonds is 9. The third-order valence-electron chi connectivity index (χ3n) is 5.34. The molecule has 0 bridgehead atoms. The summed E-state index contributed by atoms with van der Waals surface area (Å²) in [5.74, 6) is -0.0311. The SMILES string of the molecule is CN(CCCNC(=O)CN1CCN(S(=O)(=O)c2ccc(Cl)cc2)CC1)c1ccccc1. The monoisotopic (exact) mass is 464 g/mol. The highest BCUT2D eigenvalue weighted by molar-refractivity contribution is 7.89. The highest BCUT2D eigenvalue weighted by atomic mass is 35.5. The minimum Gasteiger partial charge on any atom is -0.375 e. The predicted molar refractivity (Wildman–Crippen MR) is 124 cm³/mol. The van der Waals surface area contributed by atoms with Crippen LogP contribution in [0.4, 0.5) is 5.69 Å². The van der Waals surface area contributed by atoms with Crippen molar-refractivity contribution < 1.29 is 13.2 Å². The molecule has 0 unspecified atom stereocenters. The zero-order valence-electron chi connectivity index (χ0n) is 17.7. The molecule has 2 aromatic carbocycles. The Balaban J connectivity index is 1.36. The molecule has 7 nitrogen and oxygen atoms in total. The van der Waals surface area contributed by atoms with E-state index in [2.05, 4.69) is 22.3 Å². The summed E-state index contributed by atoms with van der Waals surface area (Å²) in [5, 5.41) is 3.46. The van der Waals surface area contributed by atoms with Crippen molar-refractivity contribution >= 4 is 33.2 Å². The number of nitrogens with one attached hydrogen (secondary N) is 1. The van der Waals surface area contributed by atoms with Gasteiger partial charge < -0.3 is 10.2 Å². The zero-order valence-corrected chi connectivity index (χ0v) is 19.3. The first-order valence-electron chi connectivity index (χ1n) is 10.4. The van der Waals surface area contributed by atoms with Gasteiger partial charge in [0.1, 0.15) is 0 Å². The second-order valence-corrected chi connectivity index (χ2v) is 9.97. The van der Waals surface area contributed by atoms with Gasteiger partial charge >= 0.3 is 0 Å². The molecular weight excluding hydrogens is 436 g/mol. The molecule has 0 aliphatic carbocycles. The Morgan fingerprint density at radius 1 is 1.03 bits per heavy atom. The molecule has 168 valence electrons. The molecule has 31 heavy (non-hydrogen) atoms. The molecule has 3 rings (SSSR count). The lowest BCUT2D eigenvalue weighted by atomic mass is 10.3. The number of anilines is 1. The number of benzene rings is 2. The molecule has 2 aromatic rings. The van der Waals surface area contributed by atoms with Crippen LogP contribution in [-0.4, -0.2) is 76.4 Å². The highest BCUT2D eigenvalue weighted by Crippen LogP contribution is 2.19. The standard InChI is InChI=1S/C22H29ClN4O3S/c1-25(20-6-3-2-4-7-20)13-5-12-24-22(28)18-26-14-16-27(17-15-26)31(29,30)21-10-8-19(23)9-11-21/h2-4,6-11H,5,12-18H2,1H3,(H,24,28). The highest BCUT2D eigenvalue weighted by Gasteiger charge is 2.28. The first-order chi connectivity index (χ1) is 14.9. The van der Waals surface area contributed by atoms with E-state index >= 15 is 0 Å². The second kappa shape index (κ2) is 10.9. The molecule has 1 fully saturated rings. The topological polar surface area (TPSA) is 73.0 Å². The molecule has 1 amide bonds. The lowest BCUT2D eigenvalue weighted by molar-refractivity contribution is -0.122. The average molecular weight is 465 g/mol. The fourth-order valence-electron chi connectivity index (χ4n) is 3.50. The molecule has 1 N–H and O–H groups in total. The van der Waals surface area contributed by atoms with E-state index in [1.807, 2.05) is 30.1 Å². The van der Waals surface area contributed by atoms with Crippen LogP contribution in [0.1, 0.15) is 6.42 Å². The number of amides is 1. The van der Waals surface area contributed by atoms with Gasteiger partial charge in [-0.2, -0.15) is 4.31 Å². The van der Waals surface area contributed by atoms with Crippen molar-refractivity contribution in [1.82, 2.24) is 14.5 Å². The maximum Gasteiger partial charge on any atom is 0.243 e. The van der Waals surface area contributed by atoms with Gasteiger partial charge in [0.05, 0.1) is 11.4 Å². The summed E-state index contributed by atoms with van der Waals surface area (Å²) >= 11 is 5.85. The molecule has 0 saturated carbocycles. The largest absolute Gasteiger partial charge is 0.375 e. The van der Waals surface area contributed by atoms with E-state index in [0.29, 0.717) is 37.7 Å². The minimum absolute atomic E-state index is 0.0311. The third kappa shape index (κ3) is 6.67. The maximum absolute atomic E-state index is 12.7. The lowest BCUT2D eigenvalue weighted by Gasteiger charge is -2.33. The lowest BCUT2D eigenvalue weighted by Crippen LogP contribution is -2.51. The Kier molecular flexibility index (Phi) is 8.31. The quantitative estimate of drug-likeness (QED) is 0.576. The van der Waals surface area contributed by atoms with Crippen molar-refractivity contribution in [3.8, 4) is 0 Å². The van der Waals surface area contributed by atoms with E-state index in [9.17, 15) is 13.2 Å². The number of sulfonamides is 1. The summed E-state index contributed by atoms with van der Waals surface area (Å²) in [7, 11) is -1.50. The van der Waals surface area contributed by atoms with Gasteiger partial charge in [-0.25, -0.2) is 8.42 Å². The third-order valence-corrected chi connectivity index (χ3v) is 7.50. The van der Waals surface area contributed by atoms with Crippen LogP contribution in [0.15, 0.2) is 59.5 Å². The van der Waals surface area contributed by atoms with Crippen molar-refractivity contribution in [2.45, 2.75) is 11.3 Å². The van der Waals surface area contributed by atoms with Crippen LogP contribution in [0.25, 0.3) is 0 Å². The Morgan fingerprint density at radius 3 is 2.32 bits per heavy atom. The summed E-state index contributed by atoms with van der Waals surface area (Å²) in [6.45, 7) is 3.52. The van der Waals surface area contributed by atoms with Crippen molar-refractivity contribution in [3.63, 3.8) is 0 Å². The molecule has 0 radical (unpaired) electrons. The van der Waals surface area contributed by atoms with Crippen molar-refractivity contribution in [2.24, 2.45) is 0 Å². The summed E-state index contributed by atoms with van der Waals surface area (Å²) in [5.41, 5.74) is 1.15. The molecule has 1 saturated heterocycles. The normalized spacial score (nSPS) is 15.5. The molecule has 1 aliphatic rings. The summed E-state index contributed by atoms with van der Waals surface area (Å²) in [6.07, 6.45) is 0.851. The summed E-state index contributed by atoms with van der Waals surface area (Å²) < 4.78 is 26.9. The first-order valence-corrected chi connectivity index (χ1v) is 12.2. The van der Waals surface area contributed by atoms with Crippen molar-refractivity contribution in [3.05, 3.63) is 59.6 Å². The van der Waals surface area contributed by atoms with Gasteiger partial charge in [0, 0.05) is 57.0 Å². The fourth-order valence-corrected chi connectivity index (χ4v) is 5.05. The number of para-hydroxylation sites is 1. The Hall–Kier alpha value is -2.13. The number of nitrogens with zero attached hydrogens (tertiary/aromatic N) is 3. The molecule has 0 aromatic heterocycles. The van der Waals surface area contributed by atoms with E-state index in [1.165, 1.54) is 16.4 Å². The molecular formula is C22H29ClN4O3S. The van der Waals surface area contributed by atoms with Gasteiger partial charge in [-0.15, -0.1) is 0 Å². The van der Waals surface area contributed by atoms with Gasteiger partial charge in [-0.1, -0.05) is 29.8 Å². The number of piperazine rings is 1. The van der Waals surface area contributed by atoms with Crippen LogP contribution in [0.2, 0.25) is 5.02 Å². The van der Waals surface area contributed by atoms with Crippen LogP contribution in [0, 0.1) is 0 Å². The zero-order chi connectivity index (χ0) is 22.3. The van der Waals surface area contributed by atoms with Crippen LogP contribution in [0.5, 0.6) is 0 Å². The number of hydrogen-bond donors (Lipinski definition) is 1. The van der Waals surface area contributed by atoms with Gasteiger partial charge in [0.2, 0.25) is 15.9 Å². The number of halogens is 1. The molecule has 0 spiro atoms. The summed E-state index contributed by atoms with van der Waals surface area (Å²) in [6, 6.07) is 16.3. The molecule has 9 heteroatoms. The number of carbonyl (C=O) groups is 1. The summed E-state index contributed by atoms with van der Waals surface area (Å²) in [4.78, 5) is 16.6. The molecule has 0 atom stereocenters. The Labute approximate surface area is 189 Å². The van der Waals surface area contributed by atoms with Gasteiger partial charge in [-0.3, -0.25) is 9.69 Å². The van der Waals surface area contributed by atoms with E-state index in [-0.39, 0.29) is 17.3 Å². The molecule has 1 heterocycles. The molecule has 1 aliphatic heterocycles. The fraction of sp³-hybridized carbons (Fsp3) is 0.409. The maximum atomic E-state index is 12.7. The van der Waals surface area contributed by atoms with E-state index < -0.39 is 10.0 Å². The van der Waals surface area contributed by atoms with E-state index in [4.69, 9.17) is 11.6 Å². The van der Waals surface area contributed by atoms with Gasteiger partial charge in [0.15, 0.2) is 0 Å². The van der Waals surface area contributed by atoms with Crippen LogP contribution in [-0.2, 0) is 14.8 Å². The van der Waals surface area contributed by atoms with Crippen molar-refractivity contribution in [2.75, 3.05) is 57.8 Å². The Morgan fingerprint density at radius 2 is 1.68 bits per heavy atom. The first kappa shape index (κ1) is 23.5. The van der Waals surface area contributed by atoms with Crippen molar-refractivity contribution in [1.29, 1.82) is 0 Å². The van der Waals surface area contributed by atoms with Crippen LogP contribution < -0.4 is 10.2 Å².